The Hall–Kier alpha value is -1.24. The van der Waals surface area contributed by atoms with Gasteiger partial charge in [-0.1, -0.05) is 12.1 Å². The van der Waals surface area contributed by atoms with E-state index in [1.54, 1.807) is 17.4 Å². The highest BCUT2D eigenvalue weighted by Crippen LogP contribution is 2.28. The van der Waals surface area contributed by atoms with Gasteiger partial charge < -0.3 is 5.32 Å². The van der Waals surface area contributed by atoms with Crippen molar-refractivity contribution in [3.8, 4) is 0 Å². The Balaban J connectivity index is 2.02. The van der Waals surface area contributed by atoms with Crippen molar-refractivity contribution in [1.82, 2.24) is 5.32 Å². The van der Waals surface area contributed by atoms with Crippen LogP contribution in [0, 0.1) is 17.0 Å². The van der Waals surface area contributed by atoms with E-state index in [9.17, 15) is 10.1 Å². The van der Waals surface area contributed by atoms with E-state index in [0.29, 0.717) is 11.0 Å². The summed E-state index contributed by atoms with van der Waals surface area (Å²) in [5.41, 5.74) is 3.54. The number of nitrogens with one attached hydrogen (secondary N) is 1. The van der Waals surface area contributed by atoms with Gasteiger partial charge in [0.1, 0.15) is 0 Å². The smallest absolute Gasteiger partial charge is 0.283 e. The third-order valence-corrected chi connectivity index (χ3v) is 4.67. The number of aryl methyl sites for hydroxylation is 1. The van der Waals surface area contributed by atoms with E-state index >= 15 is 0 Å². The minimum absolute atomic E-state index is 0.103. The lowest BCUT2D eigenvalue weighted by Gasteiger charge is -2.07. The summed E-state index contributed by atoms with van der Waals surface area (Å²) in [5, 5.41) is 18.4. The first kappa shape index (κ1) is 14.2. The van der Waals surface area contributed by atoms with Crippen molar-refractivity contribution >= 4 is 33.0 Å². The molecule has 0 radical (unpaired) electrons. The highest BCUT2D eigenvalue weighted by Gasteiger charge is 2.14. The summed E-state index contributed by atoms with van der Waals surface area (Å²) in [7, 11) is 0. The number of nitro benzene ring substituents is 1. The van der Waals surface area contributed by atoms with E-state index in [1.807, 2.05) is 6.07 Å². The van der Waals surface area contributed by atoms with Crippen molar-refractivity contribution in [2.75, 3.05) is 0 Å². The maximum absolute atomic E-state index is 10.8. The summed E-state index contributed by atoms with van der Waals surface area (Å²) in [6.45, 7) is 3.44. The van der Waals surface area contributed by atoms with Crippen LogP contribution in [0.25, 0.3) is 0 Å². The van der Waals surface area contributed by atoms with Crippen LogP contribution in [0.2, 0.25) is 0 Å². The van der Waals surface area contributed by atoms with Crippen molar-refractivity contribution < 1.29 is 4.92 Å². The van der Waals surface area contributed by atoms with Gasteiger partial charge in [-0.2, -0.15) is 11.3 Å². The van der Waals surface area contributed by atoms with Gasteiger partial charge in [-0.25, -0.2) is 0 Å². The van der Waals surface area contributed by atoms with Crippen LogP contribution in [0.3, 0.4) is 0 Å². The van der Waals surface area contributed by atoms with Gasteiger partial charge >= 0.3 is 0 Å². The van der Waals surface area contributed by atoms with E-state index in [0.717, 1.165) is 12.1 Å². The summed E-state index contributed by atoms with van der Waals surface area (Å²) in [6, 6.07) is 5.08. The Labute approximate surface area is 123 Å². The van der Waals surface area contributed by atoms with Crippen LogP contribution < -0.4 is 5.32 Å². The topological polar surface area (TPSA) is 55.2 Å². The number of rotatable bonds is 5. The molecule has 1 heterocycles. The third kappa shape index (κ3) is 3.40. The van der Waals surface area contributed by atoms with E-state index < -0.39 is 0 Å². The highest BCUT2D eigenvalue weighted by atomic mass is 79.9. The second-order valence-corrected chi connectivity index (χ2v) is 5.73. The molecule has 0 aliphatic rings. The molecule has 0 unspecified atom stereocenters. The zero-order valence-electron chi connectivity index (χ0n) is 10.4. The molecule has 4 nitrogen and oxygen atoms in total. The fourth-order valence-electron chi connectivity index (χ4n) is 1.74. The first-order valence-electron chi connectivity index (χ1n) is 5.73. The molecular weight excluding hydrogens is 328 g/mol. The van der Waals surface area contributed by atoms with Crippen LogP contribution >= 0.6 is 27.3 Å². The molecule has 1 N–H and O–H groups in total. The number of hydrogen-bond acceptors (Lipinski definition) is 4. The van der Waals surface area contributed by atoms with E-state index in [4.69, 9.17) is 0 Å². The Morgan fingerprint density at radius 1 is 1.32 bits per heavy atom. The first-order chi connectivity index (χ1) is 9.09. The zero-order valence-corrected chi connectivity index (χ0v) is 12.8. The highest BCUT2D eigenvalue weighted by molar-refractivity contribution is 9.10. The summed E-state index contributed by atoms with van der Waals surface area (Å²) in [5.74, 6) is 0. The molecule has 19 heavy (non-hydrogen) atoms. The Morgan fingerprint density at radius 3 is 2.68 bits per heavy atom. The molecule has 2 aromatic rings. The largest absolute Gasteiger partial charge is 0.309 e. The number of halogens is 1. The molecule has 100 valence electrons. The van der Waals surface area contributed by atoms with Gasteiger partial charge in [0.25, 0.3) is 5.69 Å². The molecule has 0 saturated carbocycles. The molecular formula is C13H13BrN2O2S. The maximum atomic E-state index is 10.8. The molecule has 1 aromatic heterocycles. The van der Waals surface area contributed by atoms with Gasteiger partial charge in [-0.3, -0.25) is 10.1 Å². The lowest BCUT2D eigenvalue weighted by atomic mass is 10.2. The first-order valence-corrected chi connectivity index (χ1v) is 7.47. The molecule has 0 atom stereocenters. The van der Waals surface area contributed by atoms with Crippen molar-refractivity contribution in [3.63, 3.8) is 0 Å². The minimum Gasteiger partial charge on any atom is -0.309 e. The van der Waals surface area contributed by atoms with Crippen LogP contribution in [0.4, 0.5) is 5.69 Å². The molecule has 0 saturated heterocycles. The standard InChI is InChI=1S/C13H13BrN2O2S/c1-9-7-19-8-11(9)6-15-5-10-3-2-4-12(13(10)14)16(17)18/h2-4,7-8,15H,5-6H2,1H3. The van der Waals surface area contributed by atoms with Crippen molar-refractivity contribution in [2.45, 2.75) is 20.0 Å². The van der Waals surface area contributed by atoms with Crippen molar-refractivity contribution in [3.05, 3.63) is 60.2 Å². The van der Waals surface area contributed by atoms with Gasteiger partial charge in [0, 0.05) is 19.2 Å². The normalized spacial score (nSPS) is 10.6. The molecule has 0 aliphatic carbocycles. The van der Waals surface area contributed by atoms with Gasteiger partial charge in [-0.05, 0) is 50.3 Å². The molecule has 0 bridgehead atoms. The van der Waals surface area contributed by atoms with E-state index in [1.165, 1.54) is 17.2 Å². The number of thiophene rings is 1. The summed E-state index contributed by atoms with van der Waals surface area (Å²) < 4.78 is 0.551. The number of nitro groups is 1. The van der Waals surface area contributed by atoms with Crippen LogP contribution in [0.5, 0.6) is 0 Å². The van der Waals surface area contributed by atoms with Crippen LogP contribution in [0.1, 0.15) is 16.7 Å². The van der Waals surface area contributed by atoms with Crippen molar-refractivity contribution in [1.29, 1.82) is 0 Å². The second-order valence-electron chi connectivity index (χ2n) is 4.19. The van der Waals surface area contributed by atoms with Crippen LogP contribution in [0.15, 0.2) is 33.4 Å². The quantitative estimate of drug-likeness (QED) is 0.660. The maximum Gasteiger partial charge on any atom is 0.283 e. The van der Waals surface area contributed by atoms with E-state index in [-0.39, 0.29) is 10.6 Å². The van der Waals surface area contributed by atoms with Gasteiger partial charge in [0.15, 0.2) is 0 Å². The molecule has 1 aromatic carbocycles. The minimum atomic E-state index is -0.378. The summed E-state index contributed by atoms with van der Waals surface area (Å²) >= 11 is 4.98. The Kier molecular flexibility index (Phi) is 4.68. The molecule has 0 spiro atoms. The zero-order chi connectivity index (χ0) is 13.8. The van der Waals surface area contributed by atoms with E-state index in [2.05, 4.69) is 38.9 Å². The molecule has 6 heteroatoms. The van der Waals surface area contributed by atoms with Crippen LogP contribution in [-0.4, -0.2) is 4.92 Å². The summed E-state index contributed by atoms with van der Waals surface area (Å²) in [4.78, 5) is 10.5. The number of nitrogens with zero attached hydrogens (tertiary/aromatic N) is 1. The van der Waals surface area contributed by atoms with Gasteiger partial charge in [-0.15, -0.1) is 0 Å². The third-order valence-electron chi connectivity index (χ3n) is 2.85. The SMILES string of the molecule is Cc1cscc1CNCc1cccc([N+](=O)[O-])c1Br. The molecule has 2 rings (SSSR count). The predicted molar refractivity (Wildman–Crippen MR) is 80.4 cm³/mol. The van der Waals surface area contributed by atoms with Gasteiger partial charge in [0.05, 0.1) is 9.40 Å². The average molecular weight is 341 g/mol. The number of hydrogen-bond donors (Lipinski definition) is 1. The monoisotopic (exact) mass is 340 g/mol. The fraction of sp³-hybridized carbons (Fsp3) is 0.231. The van der Waals surface area contributed by atoms with Crippen LogP contribution in [-0.2, 0) is 13.1 Å². The predicted octanol–water partition coefficient (Wildman–Crippen LogP) is 4.02. The molecule has 0 amide bonds. The molecule has 0 aliphatic heterocycles. The lowest BCUT2D eigenvalue weighted by Crippen LogP contribution is -2.13. The van der Waals surface area contributed by atoms with Gasteiger partial charge in [0.2, 0.25) is 0 Å². The lowest BCUT2D eigenvalue weighted by molar-refractivity contribution is -0.385. The summed E-state index contributed by atoms with van der Waals surface area (Å²) in [6.07, 6.45) is 0. The van der Waals surface area contributed by atoms with Crippen molar-refractivity contribution in [2.24, 2.45) is 0 Å². The second kappa shape index (κ2) is 6.27. The Bertz CT molecular complexity index is 598. The Morgan fingerprint density at radius 2 is 2.05 bits per heavy atom. The number of benzene rings is 1. The average Bonchev–Trinajstić information content (AvgIpc) is 2.77. The fourth-order valence-corrected chi connectivity index (χ4v) is 3.15. The molecule has 0 fully saturated rings.